The molecule has 5 nitrogen and oxygen atoms in total. The summed E-state index contributed by atoms with van der Waals surface area (Å²) in [6.45, 7) is 1.94. The molecule has 0 amide bonds. The van der Waals surface area contributed by atoms with E-state index in [-0.39, 0.29) is 18.1 Å². The third-order valence-corrected chi connectivity index (χ3v) is 4.53. The first-order valence-corrected chi connectivity index (χ1v) is 8.46. The normalized spacial score (nSPS) is 11.2. The van der Waals surface area contributed by atoms with Gasteiger partial charge in [0, 0.05) is 23.5 Å². The fraction of sp³-hybridized carbons (Fsp3) is 0.143. The van der Waals surface area contributed by atoms with Gasteiger partial charge < -0.3 is 14.4 Å². The molecule has 0 bridgehead atoms. The molecule has 0 atom stereocenters. The summed E-state index contributed by atoms with van der Waals surface area (Å²) in [6, 6.07) is 17.4. The zero-order chi connectivity index (χ0) is 18.3. The molecular weight excluding hydrogens is 328 g/mol. The second-order valence-corrected chi connectivity index (χ2v) is 6.04. The molecule has 2 aromatic heterocycles. The van der Waals surface area contributed by atoms with Crippen LogP contribution in [0.5, 0.6) is 5.75 Å². The molecule has 0 aliphatic carbocycles. The minimum absolute atomic E-state index is 0.0606. The van der Waals surface area contributed by atoms with Crippen LogP contribution in [-0.4, -0.2) is 27.2 Å². The number of aryl methyl sites for hydroxylation is 1. The van der Waals surface area contributed by atoms with Crippen molar-refractivity contribution in [2.45, 2.75) is 6.92 Å². The van der Waals surface area contributed by atoms with Crippen molar-refractivity contribution in [1.29, 1.82) is 0 Å². The Morgan fingerprint density at radius 3 is 2.54 bits per heavy atom. The Kier molecular flexibility index (Phi) is 3.84. The van der Waals surface area contributed by atoms with E-state index < -0.39 is 5.97 Å². The topological polar surface area (TPSA) is 64.3 Å². The van der Waals surface area contributed by atoms with Crippen LogP contribution < -0.4 is 0 Å². The summed E-state index contributed by atoms with van der Waals surface area (Å²) in [4.78, 5) is 16.9. The maximum Gasteiger partial charge on any atom is 0.360 e. The molecule has 26 heavy (non-hydrogen) atoms. The number of rotatable bonds is 3. The summed E-state index contributed by atoms with van der Waals surface area (Å²) < 4.78 is 7.09. The fourth-order valence-electron chi connectivity index (χ4n) is 3.39. The average Bonchev–Trinajstić information content (AvgIpc) is 2.97. The van der Waals surface area contributed by atoms with Crippen LogP contribution in [0.25, 0.3) is 33.1 Å². The minimum Gasteiger partial charge on any atom is -0.505 e. The van der Waals surface area contributed by atoms with Gasteiger partial charge in [-0.3, -0.25) is 0 Å². The highest BCUT2D eigenvalue weighted by molar-refractivity contribution is 6.17. The van der Waals surface area contributed by atoms with Crippen molar-refractivity contribution in [2.24, 2.45) is 7.05 Å². The number of carbonyl (C=O) groups is 1. The Balaban J connectivity index is 2.18. The molecule has 2 heterocycles. The Morgan fingerprint density at radius 1 is 1.12 bits per heavy atom. The number of esters is 1. The van der Waals surface area contributed by atoms with Crippen molar-refractivity contribution < 1.29 is 14.6 Å². The second-order valence-electron chi connectivity index (χ2n) is 6.04. The van der Waals surface area contributed by atoms with Gasteiger partial charge in [-0.2, -0.15) is 0 Å². The monoisotopic (exact) mass is 346 g/mol. The predicted molar refractivity (Wildman–Crippen MR) is 101 cm³/mol. The molecule has 4 rings (SSSR count). The van der Waals surface area contributed by atoms with Crippen molar-refractivity contribution in [3.05, 3.63) is 60.3 Å². The van der Waals surface area contributed by atoms with Gasteiger partial charge >= 0.3 is 5.97 Å². The third-order valence-electron chi connectivity index (χ3n) is 4.53. The van der Waals surface area contributed by atoms with Crippen LogP contribution in [0.1, 0.15) is 17.4 Å². The molecule has 130 valence electrons. The van der Waals surface area contributed by atoms with Gasteiger partial charge in [-0.15, -0.1) is 0 Å². The molecule has 0 saturated carbocycles. The van der Waals surface area contributed by atoms with E-state index in [1.54, 1.807) is 6.92 Å². The summed E-state index contributed by atoms with van der Waals surface area (Å²) in [5, 5.41) is 12.3. The quantitative estimate of drug-likeness (QED) is 0.563. The maximum absolute atomic E-state index is 12.4. The summed E-state index contributed by atoms with van der Waals surface area (Å²) in [7, 11) is 1.93. The van der Waals surface area contributed by atoms with E-state index in [0.717, 1.165) is 22.0 Å². The van der Waals surface area contributed by atoms with Gasteiger partial charge in [0.05, 0.1) is 23.2 Å². The highest BCUT2D eigenvalue weighted by Gasteiger charge is 2.25. The number of hydrogen-bond acceptors (Lipinski definition) is 4. The first-order chi connectivity index (χ1) is 12.6. The lowest BCUT2D eigenvalue weighted by molar-refractivity contribution is 0.0516. The summed E-state index contributed by atoms with van der Waals surface area (Å²) in [5.41, 5.74) is 3.18. The molecule has 4 aromatic rings. The van der Waals surface area contributed by atoms with Gasteiger partial charge in [0.1, 0.15) is 0 Å². The SMILES string of the molecule is CCOC(=O)c1nc(-c2ccccc2)c2c(c1O)c1ccccc1n2C. The van der Waals surface area contributed by atoms with Crippen molar-refractivity contribution in [2.75, 3.05) is 6.61 Å². The molecular formula is C21H18N2O3. The smallest absolute Gasteiger partial charge is 0.360 e. The van der Waals surface area contributed by atoms with Crippen LogP contribution in [0, 0.1) is 0 Å². The van der Waals surface area contributed by atoms with E-state index in [2.05, 4.69) is 4.98 Å². The summed E-state index contributed by atoms with van der Waals surface area (Å²) in [5.74, 6) is -0.771. The van der Waals surface area contributed by atoms with E-state index in [0.29, 0.717) is 11.1 Å². The first-order valence-electron chi connectivity index (χ1n) is 8.46. The number of fused-ring (bicyclic) bond motifs is 3. The maximum atomic E-state index is 12.4. The van der Waals surface area contributed by atoms with E-state index in [1.165, 1.54) is 0 Å². The Morgan fingerprint density at radius 2 is 1.81 bits per heavy atom. The molecule has 5 heteroatoms. The van der Waals surface area contributed by atoms with Crippen LogP contribution in [0.3, 0.4) is 0 Å². The van der Waals surface area contributed by atoms with Crippen LogP contribution in [0.15, 0.2) is 54.6 Å². The largest absolute Gasteiger partial charge is 0.505 e. The molecule has 0 fully saturated rings. The number of benzene rings is 2. The first kappa shape index (κ1) is 16.1. The van der Waals surface area contributed by atoms with E-state index in [9.17, 15) is 9.90 Å². The number of hydrogen-bond donors (Lipinski definition) is 1. The van der Waals surface area contributed by atoms with Crippen molar-refractivity contribution in [3.63, 3.8) is 0 Å². The number of nitrogens with zero attached hydrogens (tertiary/aromatic N) is 2. The Hall–Kier alpha value is -3.34. The second kappa shape index (κ2) is 6.19. The lowest BCUT2D eigenvalue weighted by Crippen LogP contribution is -2.09. The summed E-state index contributed by atoms with van der Waals surface area (Å²) in [6.07, 6.45) is 0. The van der Waals surface area contributed by atoms with Crippen molar-refractivity contribution in [3.8, 4) is 17.0 Å². The lowest BCUT2D eigenvalue weighted by Gasteiger charge is -2.11. The molecule has 0 radical (unpaired) electrons. The molecule has 0 aliphatic rings. The van der Waals surface area contributed by atoms with Crippen LogP contribution in [0.4, 0.5) is 0 Å². The van der Waals surface area contributed by atoms with Crippen LogP contribution in [0.2, 0.25) is 0 Å². The zero-order valence-corrected chi connectivity index (χ0v) is 14.6. The number of ether oxygens (including phenoxy) is 1. The molecule has 0 aliphatic heterocycles. The van der Waals surface area contributed by atoms with Gasteiger partial charge in [-0.05, 0) is 13.0 Å². The van der Waals surface area contributed by atoms with Gasteiger partial charge in [-0.25, -0.2) is 9.78 Å². The molecule has 2 aromatic carbocycles. The minimum atomic E-state index is -0.628. The molecule has 0 spiro atoms. The average molecular weight is 346 g/mol. The molecule has 0 unspecified atom stereocenters. The third kappa shape index (κ3) is 2.32. The van der Waals surface area contributed by atoms with Crippen LogP contribution >= 0.6 is 0 Å². The fourth-order valence-corrected chi connectivity index (χ4v) is 3.39. The Bertz CT molecular complexity index is 1130. The van der Waals surface area contributed by atoms with Gasteiger partial charge in [0.25, 0.3) is 0 Å². The van der Waals surface area contributed by atoms with E-state index in [1.807, 2.05) is 66.2 Å². The van der Waals surface area contributed by atoms with E-state index >= 15 is 0 Å². The number of carbonyl (C=O) groups excluding carboxylic acids is 1. The lowest BCUT2D eigenvalue weighted by atomic mass is 10.1. The zero-order valence-electron chi connectivity index (χ0n) is 14.6. The molecule has 0 saturated heterocycles. The highest BCUT2D eigenvalue weighted by Crippen LogP contribution is 2.40. The number of aromatic hydroxyl groups is 1. The summed E-state index contributed by atoms with van der Waals surface area (Å²) >= 11 is 0. The number of para-hydroxylation sites is 1. The van der Waals surface area contributed by atoms with Gasteiger partial charge in [-0.1, -0.05) is 48.5 Å². The van der Waals surface area contributed by atoms with Gasteiger partial charge in [0.2, 0.25) is 0 Å². The van der Waals surface area contributed by atoms with Crippen LogP contribution in [-0.2, 0) is 11.8 Å². The highest BCUT2D eigenvalue weighted by atomic mass is 16.5. The number of aromatic nitrogens is 2. The van der Waals surface area contributed by atoms with Crippen molar-refractivity contribution >= 4 is 27.8 Å². The number of pyridine rings is 1. The van der Waals surface area contributed by atoms with Crippen molar-refractivity contribution in [1.82, 2.24) is 9.55 Å². The standard InChI is InChI=1S/C21H18N2O3/c1-3-26-21(25)18-20(24)16-14-11-7-8-12-15(14)23(2)19(16)17(22-18)13-9-5-4-6-10-13/h4-12,24H,3H2,1-2H3. The predicted octanol–water partition coefficient (Wildman–Crippen LogP) is 4.28. The molecule has 1 N–H and O–H groups in total. The van der Waals surface area contributed by atoms with E-state index in [4.69, 9.17) is 4.74 Å². The van der Waals surface area contributed by atoms with Gasteiger partial charge in [0.15, 0.2) is 11.4 Å². The Labute approximate surface area is 150 Å².